The highest BCUT2D eigenvalue weighted by Crippen LogP contribution is 2.38. The molecule has 1 fully saturated rings. The third kappa shape index (κ3) is 3.00. The van der Waals surface area contributed by atoms with Gasteiger partial charge in [-0.25, -0.2) is 0 Å². The Hall–Kier alpha value is -0.530. The number of carbonyl (C=O) groups is 1. The highest BCUT2D eigenvalue weighted by Gasteiger charge is 2.30. The van der Waals surface area contributed by atoms with Crippen molar-refractivity contribution in [2.45, 2.75) is 46.5 Å². The van der Waals surface area contributed by atoms with Gasteiger partial charge in [-0.05, 0) is 36.5 Å². The maximum Gasteiger partial charge on any atom is 0.303 e. The molecule has 0 heterocycles. The Morgan fingerprint density at radius 2 is 2.07 bits per heavy atom. The van der Waals surface area contributed by atoms with Crippen LogP contribution in [0, 0.1) is 23.7 Å². The first kappa shape index (κ1) is 11.5. The quantitative estimate of drug-likeness (QED) is 0.756. The molecule has 2 nitrogen and oxygen atoms in total. The van der Waals surface area contributed by atoms with Crippen molar-refractivity contribution in [1.29, 1.82) is 0 Å². The van der Waals surface area contributed by atoms with E-state index in [4.69, 9.17) is 5.11 Å². The average Bonchev–Trinajstić information content (AvgIpc) is 2.07. The van der Waals surface area contributed by atoms with Crippen molar-refractivity contribution in [2.75, 3.05) is 0 Å². The number of hydrogen-bond acceptors (Lipinski definition) is 1. The zero-order valence-corrected chi connectivity index (χ0v) is 9.49. The predicted octanol–water partition coefficient (Wildman–Crippen LogP) is 3.17. The van der Waals surface area contributed by atoms with E-state index in [1.165, 1.54) is 12.8 Å². The highest BCUT2D eigenvalue weighted by atomic mass is 16.4. The number of carboxylic acids is 1. The van der Waals surface area contributed by atoms with Gasteiger partial charge in [-0.15, -0.1) is 0 Å². The number of carboxylic acid groups (broad SMARTS) is 1. The minimum atomic E-state index is -0.633. The fourth-order valence-corrected chi connectivity index (χ4v) is 2.57. The molecule has 14 heavy (non-hydrogen) atoms. The van der Waals surface area contributed by atoms with E-state index < -0.39 is 5.97 Å². The highest BCUT2D eigenvalue weighted by molar-refractivity contribution is 5.67. The van der Waals surface area contributed by atoms with Gasteiger partial charge >= 0.3 is 5.97 Å². The molecule has 3 atom stereocenters. The minimum absolute atomic E-state index is 0.365. The van der Waals surface area contributed by atoms with Crippen LogP contribution in [0.4, 0.5) is 0 Å². The lowest BCUT2D eigenvalue weighted by molar-refractivity contribution is -0.139. The van der Waals surface area contributed by atoms with Crippen LogP contribution in [0.25, 0.3) is 0 Å². The van der Waals surface area contributed by atoms with E-state index >= 15 is 0 Å². The molecule has 0 radical (unpaired) electrons. The molecule has 0 aromatic heterocycles. The summed E-state index contributed by atoms with van der Waals surface area (Å²) in [6.45, 7) is 6.70. The zero-order chi connectivity index (χ0) is 10.7. The fraction of sp³-hybridized carbons (Fsp3) is 0.917. The standard InChI is InChI=1S/C12H22O2/c1-8(2)10-5-4-9(3)11(6-10)7-12(13)14/h8-11H,4-7H2,1-3H3,(H,13,14)/t9-,10-,11+/m0/s1. The summed E-state index contributed by atoms with van der Waals surface area (Å²) in [6.07, 6.45) is 3.98. The molecule has 0 aromatic rings. The first-order chi connectivity index (χ1) is 6.50. The van der Waals surface area contributed by atoms with Crippen molar-refractivity contribution in [3.63, 3.8) is 0 Å². The van der Waals surface area contributed by atoms with E-state index in [-0.39, 0.29) is 0 Å². The summed E-state index contributed by atoms with van der Waals surface area (Å²) in [5.74, 6) is 1.83. The third-order valence-corrected chi connectivity index (χ3v) is 3.78. The monoisotopic (exact) mass is 198 g/mol. The van der Waals surface area contributed by atoms with E-state index in [9.17, 15) is 4.79 Å². The van der Waals surface area contributed by atoms with Crippen LogP contribution in [0.1, 0.15) is 46.5 Å². The van der Waals surface area contributed by atoms with Crippen molar-refractivity contribution in [1.82, 2.24) is 0 Å². The van der Waals surface area contributed by atoms with Crippen molar-refractivity contribution in [3.05, 3.63) is 0 Å². The molecular weight excluding hydrogens is 176 g/mol. The Labute approximate surface area is 86.7 Å². The van der Waals surface area contributed by atoms with E-state index in [0.29, 0.717) is 24.2 Å². The topological polar surface area (TPSA) is 37.3 Å². The largest absolute Gasteiger partial charge is 0.481 e. The van der Waals surface area contributed by atoms with Crippen LogP contribution in [0.5, 0.6) is 0 Å². The lowest BCUT2D eigenvalue weighted by atomic mass is 9.70. The van der Waals surface area contributed by atoms with Gasteiger partial charge in [0.15, 0.2) is 0 Å². The lowest BCUT2D eigenvalue weighted by Crippen LogP contribution is -2.27. The van der Waals surface area contributed by atoms with E-state index in [0.717, 1.165) is 12.3 Å². The van der Waals surface area contributed by atoms with Gasteiger partial charge in [-0.3, -0.25) is 4.79 Å². The summed E-state index contributed by atoms with van der Waals surface area (Å²) >= 11 is 0. The Balaban J connectivity index is 2.50. The van der Waals surface area contributed by atoms with Crippen LogP contribution in [0.3, 0.4) is 0 Å². The average molecular weight is 198 g/mol. The van der Waals surface area contributed by atoms with Gasteiger partial charge in [0.2, 0.25) is 0 Å². The van der Waals surface area contributed by atoms with Gasteiger partial charge in [-0.2, -0.15) is 0 Å². The number of aliphatic carboxylic acids is 1. The molecule has 0 aliphatic heterocycles. The molecule has 0 spiro atoms. The van der Waals surface area contributed by atoms with Gasteiger partial charge in [0.05, 0.1) is 0 Å². The molecule has 1 rings (SSSR count). The van der Waals surface area contributed by atoms with Gasteiger partial charge in [0.25, 0.3) is 0 Å². The molecule has 1 N–H and O–H groups in total. The molecule has 1 aliphatic rings. The summed E-state index contributed by atoms with van der Waals surface area (Å²) in [7, 11) is 0. The predicted molar refractivity (Wildman–Crippen MR) is 57.1 cm³/mol. The normalized spacial score (nSPS) is 33.3. The fourth-order valence-electron chi connectivity index (χ4n) is 2.57. The van der Waals surface area contributed by atoms with Gasteiger partial charge in [0.1, 0.15) is 0 Å². The summed E-state index contributed by atoms with van der Waals surface area (Å²) in [5.41, 5.74) is 0. The summed E-state index contributed by atoms with van der Waals surface area (Å²) in [4.78, 5) is 10.7. The van der Waals surface area contributed by atoms with Crippen molar-refractivity contribution < 1.29 is 9.90 Å². The smallest absolute Gasteiger partial charge is 0.303 e. The van der Waals surface area contributed by atoms with Gasteiger partial charge in [-0.1, -0.05) is 27.2 Å². The van der Waals surface area contributed by atoms with Crippen LogP contribution in [0.15, 0.2) is 0 Å². The van der Waals surface area contributed by atoms with Crippen molar-refractivity contribution in [3.8, 4) is 0 Å². The Morgan fingerprint density at radius 1 is 1.43 bits per heavy atom. The third-order valence-electron chi connectivity index (χ3n) is 3.78. The maximum absolute atomic E-state index is 10.7. The first-order valence-electron chi connectivity index (χ1n) is 5.72. The Bertz CT molecular complexity index is 198. The SMILES string of the molecule is CC(C)[C@H]1CC[C@H](C)[C@@H](CC(=O)O)C1. The second kappa shape index (κ2) is 4.81. The maximum atomic E-state index is 10.7. The van der Waals surface area contributed by atoms with Crippen molar-refractivity contribution in [2.24, 2.45) is 23.7 Å². The zero-order valence-electron chi connectivity index (χ0n) is 9.49. The number of rotatable bonds is 3. The van der Waals surface area contributed by atoms with Crippen LogP contribution in [-0.2, 0) is 4.79 Å². The second-order valence-electron chi connectivity index (χ2n) is 5.15. The summed E-state index contributed by atoms with van der Waals surface area (Å²) in [6, 6.07) is 0. The van der Waals surface area contributed by atoms with Crippen LogP contribution < -0.4 is 0 Å². The van der Waals surface area contributed by atoms with Crippen LogP contribution >= 0.6 is 0 Å². The summed E-state index contributed by atoms with van der Waals surface area (Å²) in [5, 5.41) is 8.81. The van der Waals surface area contributed by atoms with E-state index in [1.54, 1.807) is 0 Å². The molecule has 1 saturated carbocycles. The first-order valence-corrected chi connectivity index (χ1v) is 5.72. The molecule has 0 bridgehead atoms. The Morgan fingerprint density at radius 3 is 2.57 bits per heavy atom. The lowest BCUT2D eigenvalue weighted by Gasteiger charge is -2.35. The van der Waals surface area contributed by atoms with Gasteiger partial charge < -0.3 is 5.11 Å². The van der Waals surface area contributed by atoms with E-state index in [1.807, 2.05) is 0 Å². The summed E-state index contributed by atoms with van der Waals surface area (Å²) < 4.78 is 0. The molecule has 1 aliphatic carbocycles. The molecule has 0 amide bonds. The second-order valence-corrected chi connectivity index (χ2v) is 5.15. The molecule has 2 heteroatoms. The minimum Gasteiger partial charge on any atom is -0.481 e. The molecular formula is C12H22O2. The van der Waals surface area contributed by atoms with Crippen molar-refractivity contribution >= 4 is 5.97 Å². The Kier molecular flexibility index (Phi) is 3.97. The van der Waals surface area contributed by atoms with Crippen LogP contribution in [-0.4, -0.2) is 11.1 Å². The van der Waals surface area contributed by atoms with Gasteiger partial charge in [0, 0.05) is 6.42 Å². The molecule has 0 aromatic carbocycles. The molecule has 0 unspecified atom stereocenters. The molecule has 0 saturated heterocycles. The van der Waals surface area contributed by atoms with E-state index in [2.05, 4.69) is 20.8 Å². The van der Waals surface area contributed by atoms with Crippen LogP contribution in [0.2, 0.25) is 0 Å². The number of hydrogen-bond donors (Lipinski definition) is 1. The molecule has 82 valence electrons.